The number of oxime groups is 1. The van der Waals surface area contributed by atoms with E-state index in [4.69, 9.17) is 4.84 Å². The van der Waals surface area contributed by atoms with E-state index in [9.17, 15) is 18.0 Å². The first-order valence-corrected chi connectivity index (χ1v) is 8.66. The summed E-state index contributed by atoms with van der Waals surface area (Å²) in [7, 11) is 0. The average Bonchev–Trinajstić information content (AvgIpc) is 3.11. The zero-order valence-corrected chi connectivity index (χ0v) is 14.8. The Morgan fingerprint density at radius 1 is 1.19 bits per heavy atom. The molecule has 2 aromatic carbocycles. The van der Waals surface area contributed by atoms with E-state index >= 15 is 0 Å². The molecule has 7 heteroatoms. The standard InChI is InChI=1S/C20H19F3N2O2/c1-2-20(26)25(11-14-6-7-16(22)9-18(14)23)12-17-10-19(24-27-17)13-4-3-5-15(21)8-13/h3-9,17H,2,10-12H2,1H3/t17-/m0/s1. The van der Waals surface area contributed by atoms with Crippen molar-refractivity contribution in [2.45, 2.75) is 32.4 Å². The summed E-state index contributed by atoms with van der Waals surface area (Å²) >= 11 is 0. The molecule has 0 aliphatic carbocycles. The van der Waals surface area contributed by atoms with E-state index in [1.54, 1.807) is 19.1 Å². The molecular weight excluding hydrogens is 357 g/mol. The number of amides is 1. The molecule has 3 rings (SSSR count). The van der Waals surface area contributed by atoms with E-state index in [1.807, 2.05) is 0 Å². The molecule has 0 aromatic heterocycles. The lowest BCUT2D eigenvalue weighted by Crippen LogP contribution is -2.37. The van der Waals surface area contributed by atoms with Gasteiger partial charge in [-0.3, -0.25) is 4.79 Å². The predicted octanol–water partition coefficient (Wildman–Crippen LogP) is 4.04. The van der Waals surface area contributed by atoms with Gasteiger partial charge in [-0.15, -0.1) is 0 Å². The van der Waals surface area contributed by atoms with Gasteiger partial charge in [0.1, 0.15) is 17.5 Å². The molecule has 0 saturated carbocycles. The number of carbonyl (C=O) groups is 1. The first-order valence-electron chi connectivity index (χ1n) is 8.66. The Morgan fingerprint density at radius 3 is 2.67 bits per heavy atom. The second kappa shape index (κ2) is 8.24. The lowest BCUT2D eigenvalue weighted by molar-refractivity contribution is -0.133. The van der Waals surface area contributed by atoms with Crippen LogP contribution in [0.15, 0.2) is 47.6 Å². The van der Waals surface area contributed by atoms with Crippen molar-refractivity contribution in [3.63, 3.8) is 0 Å². The molecule has 0 spiro atoms. The highest BCUT2D eigenvalue weighted by Crippen LogP contribution is 2.20. The van der Waals surface area contributed by atoms with Crippen LogP contribution in [-0.4, -0.2) is 29.2 Å². The van der Waals surface area contributed by atoms with Crippen LogP contribution in [0.1, 0.15) is 30.9 Å². The van der Waals surface area contributed by atoms with Crippen LogP contribution in [0.25, 0.3) is 0 Å². The van der Waals surface area contributed by atoms with E-state index in [1.165, 1.54) is 23.1 Å². The fourth-order valence-corrected chi connectivity index (χ4v) is 2.94. The molecule has 0 fully saturated rings. The van der Waals surface area contributed by atoms with Gasteiger partial charge in [-0.25, -0.2) is 13.2 Å². The van der Waals surface area contributed by atoms with Gasteiger partial charge in [0.2, 0.25) is 5.91 Å². The molecule has 0 saturated heterocycles. The van der Waals surface area contributed by atoms with Gasteiger partial charge >= 0.3 is 0 Å². The molecule has 0 N–H and O–H groups in total. The highest BCUT2D eigenvalue weighted by molar-refractivity contribution is 6.01. The van der Waals surface area contributed by atoms with E-state index < -0.39 is 17.7 Å². The smallest absolute Gasteiger partial charge is 0.222 e. The Kier molecular flexibility index (Phi) is 5.78. The number of benzene rings is 2. The summed E-state index contributed by atoms with van der Waals surface area (Å²) in [5.74, 6) is -1.92. The number of hydrogen-bond acceptors (Lipinski definition) is 3. The summed E-state index contributed by atoms with van der Waals surface area (Å²) < 4.78 is 40.4. The van der Waals surface area contributed by atoms with Crippen LogP contribution in [0, 0.1) is 17.5 Å². The van der Waals surface area contributed by atoms with E-state index in [0.717, 1.165) is 12.1 Å². The first-order chi connectivity index (χ1) is 13.0. The minimum absolute atomic E-state index is 0.00788. The molecular formula is C20H19F3N2O2. The minimum atomic E-state index is -0.701. The van der Waals surface area contributed by atoms with E-state index in [-0.39, 0.29) is 36.8 Å². The largest absolute Gasteiger partial charge is 0.390 e. The maximum atomic E-state index is 13.9. The van der Waals surface area contributed by atoms with Gasteiger partial charge in [-0.2, -0.15) is 0 Å². The van der Waals surface area contributed by atoms with Crippen molar-refractivity contribution in [3.05, 3.63) is 71.0 Å². The van der Waals surface area contributed by atoms with Crippen LogP contribution in [0.5, 0.6) is 0 Å². The van der Waals surface area contributed by atoms with Gasteiger partial charge in [0, 0.05) is 36.6 Å². The molecule has 1 aliphatic rings. The normalized spacial score (nSPS) is 16.0. The highest BCUT2D eigenvalue weighted by atomic mass is 19.1. The van der Waals surface area contributed by atoms with Crippen LogP contribution >= 0.6 is 0 Å². The Bertz CT molecular complexity index is 870. The summed E-state index contributed by atoms with van der Waals surface area (Å²) in [6.07, 6.45) is 0.234. The van der Waals surface area contributed by atoms with Crippen molar-refractivity contribution in [2.24, 2.45) is 5.16 Å². The van der Waals surface area contributed by atoms with Crippen molar-refractivity contribution in [2.75, 3.05) is 6.54 Å². The van der Waals surface area contributed by atoms with Crippen LogP contribution in [0.4, 0.5) is 13.2 Å². The fraction of sp³-hybridized carbons (Fsp3) is 0.300. The van der Waals surface area contributed by atoms with Crippen molar-refractivity contribution in [1.82, 2.24) is 4.90 Å². The Labute approximate surface area is 155 Å². The maximum absolute atomic E-state index is 13.9. The quantitative estimate of drug-likeness (QED) is 0.764. The summed E-state index contributed by atoms with van der Waals surface area (Å²) in [4.78, 5) is 19.1. The van der Waals surface area contributed by atoms with Crippen LogP contribution in [-0.2, 0) is 16.2 Å². The third kappa shape index (κ3) is 4.67. The lowest BCUT2D eigenvalue weighted by atomic mass is 10.0. The molecule has 1 aliphatic heterocycles. The van der Waals surface area contributed by atoms with Gasteiger partial charge in [0.25, 0.3) is 0 Å². The second-order valence-corrected chi connectivity index (χ2v) is 6.34. The van der Waals surface area contributed by atoms with E-state index in [0.29, 0.717) is 17.7 Å². The zero-order valence-electron chi connectivity index (χ0n) is 14.8. The number of hydrogen-bond donors (Lipinski definition) is 0. The maximum Gasteiger partial charge on any atom is 0.222 e. The van der Waals surface area contributed by atoms with Crippen molar-refractivity contribution < 1.29 is 22.8 Å². The Hall–Kier alpha value is -2.83. The summed E-state index contributed by atoms with van der Waals surface area (Å²) in [6, 6.07) is 9.31. The molecule has 0 bridgehead atoms. The number of halogens is 3. The molecule has 2 aromatic rings. The van der Waals surface area contributed by atoms with Crippen molar-refractivity contribution in [3.8, 4) is 0 Å². The summed E-state index contributed by atoms with van der Waals surface area (Å²) in [5.41, 5.74) is 1.44. The summed E-state index contributed by atoms with van der Waals surface area (Å²) in [6.45, 7) is 1.92. The molecule has 4 nitrogen and oxygen atoms in total. The third-order valence-electron chi connectivity index (χ3n) is 4.35. The summed E-state index contributed by atoms with van der Waals surface area (Å²) in [5, 5.41) is 3.99. The van der Waals surface area contributed by atoms with Crippen molar-refractivity contribution >= 4 is 11.6 Å². The van der Waals surface area contributed by atoms with Crippen LogP contribution in [0.2, 0.25) is 0 Å². The Morgan fingerprint density at radius 2 is 1.96 bits per heavy atom. The van der Waals surface area contributed by atoms with Crippen LogP contribution < -0.4 is 0 Å². The van der Waals surface area contributed by atoms with Gasteiger partial charge in [-0.1, -0.05) is 30.3 Å². The zero-order chi connectivity index (χ0) is 19.4. The number of rotatable bonds is 6. The molecule has 1 atom stereocenters. The van der Waals surface area contributed by atoms with Gasteiger partial charge in [-0.05, 0) is 18.2 Å². The van der Waals surface area contributed by atoms with Gasteiger partial charge in [0.15, 0.2) is 6.10 Å². The highest BCUT2D eigenvalue weighted by Gasteiger charge is 2.27. The molecule has 142 valence electrons. The SMILES string of the molecule is CCC(=O)N(Cc1ccc(F)cc1F)C[C@@H]1CC(c2cccc(F)c2)=NO1. The van der Waals surface area contributed by atoms with Crippen molar-refractivity contribution in [1.29, 1.82) is 0 Å². The van der Waals surface area contributed by atoms with Crippen LogP contribution in [0.3, 0.4) is 0 Å². The minimum Gasteiger partial charge on any atom is -0.390 e. The monoisotopic (exact) mass is 376 g/mol. The van der Waals surface area contributed by atoms with Gasteiger partial charge in [0.05, 0.1) is 12.3 Å². The second-order valence-electron chi connectivity index (χ2n) is 6.34. The number of nitrogens with zero attached hydrogens (tertiary/aromatic N) is 2. The molecule has 0 radical (unpaired) electrons. The fourth-order valence-electron chi connectivity index (χ4n) is 2.94. The number of carbonyl (C=O) groups excluding carboxylic acids is 1. The third-order valence-corrected chi connectivity index (χ3v) is 4.35. The topological polar surface area (TPSA) is 41.9 Å². The molecule has 0 unspecified atom stereocenters. The predicted molar refractivity (Wildman–Crippen MR) is 94.5 cm³/mol. The van der Waals surface area contributed by atoms with Gasteiger partial charge < -0.3 is 9.74 Å². The first kappa shape index (κ1) is 18.9. The molecule has 1 amide bonds. The molecule has 27 heavy (non-hydrogen) atoms. The van der Waals surface area contributed by atoms with E-state index in [2.05, 4.69) is 5.16 Å². The Balaban J connectivity index is 1.68. The lowest BCUT2D eigenvalue weighted by Gasteiger charge is -2.24. The molecule has 1 heterocycles. The average molecular weight is 376 g/mol.